The van der Waals surface area contributed by atoms with Gasteiger partial charge in [0.05, 0.1) is 11.5 Å². The van der Waals surface area contributed by atoms with E-state index in [9.17, 15) is 13.5 Å². The molecule has 5 heteroatoms. The molecule has 0 radical (unpaired) electrons. The summed E-state index contributed by atoms with van der Waals surface area (Å²) in [6.07, 6.45) is 0. The number of hydrogen-bond acceptors (Lipinski definition) is 3. The Morgan fingerprint density at radius 2 is 1.65 bits per heavy atom. The fourth-order valence-corrected chi connectivity index (χ4v) is 3.16. The lowest BCUT2D eigenvalue weighted by Crippen LogP contribution is -2.41. The first-order valence-electron chi connectivity index (χ1n) is 6.81. The lowest BCUT2D eigenvalue weighted by Gasteiger charge is -2.21. The summed E-state index contributed by atoms with van der Waals surface area (Å²) in [5, 5.41) is 9.23. The van der Waals surface area contributed by atoms with E-state index in [0.29, 0.717) is 0 Å². The molecule has 20 heavy (non-hydrogen) atoms. The topological polar surface area (TPSA) is 66.4 Å². The second kappa shape index (κ2) is 6.24. The van der Waals surface area contributed by atoms with Gasteiger partial charge in [0, 0.05) is 6.04 Å². The first-order chi connectivity index (χ1) is 9.08. The predicted molar refractivity (Wildman–Crippen MR) is 81.2 cm³/mol. The molecule has 114 valence electrons. The van der Waals surface area contributed by atoms with Crippen LogP contribution in [0.5, 0.6) is 0 Å². The highest BCUT2D eigenvalue weighted by Crippen LogP contribution is 2.23. The average molecular weight is 299 g/mol. The van der Waals surface area contributed by atoms with Crippen LogP contribution in [0, 0.1) is 5.92 Å². The molecule has 4 nitrogen and oxygen atoms in total. The number of aliphatic hydroxyl groups is 1. The summed E-state index contributed by atoms with van der Waals surface area (Å²) in [6, 6.07) is 6.41. The van der Waals surface area contributed by atoms with Gasteiger partial charge in [0.25, 0.3) is 0 Å². The Labute approximate surface area is 122 Å². The monoisotopic (exact) mass is 299 g/mol. The van der Waals surface area contributed by atoms with E-state index in [1.807, 2.05) is 26.0 Å². The van der Waals surface area contributed by atoms with Gasteiger partial charge in [-0.3, -0.25) is 0 Å². The molecule has 1 atom stereocenters. The van der Waals surface area contributed by atoms with Crippen molar-refractivity contribution in [2.24, 2.45) is 5.92 Å². The number of rotatable bonds is 5. The summed E-state index contributed by atoms with van der Waals surface area (Å²) in [6.45, 7) is 9.76. The number of sulfonamides is 1. The molecule has 0 fully saturated rings. The van der Waals surface area contributed by atoms with Gasteiger partial charge in [0.2, 0.25) is 10.0 Å². The van der Waals surface area contributed by atoms with Crippen LogP contribution in [0.25, 0.3) is 0 Å². The van der Waals surface area contributed by atoms with Crippen LogP contribution in [0.4, 0.5) is 0 Å². The summed E-state index contributed by atoms with van der Waals surface area (Å²) in [7, 11) is -3.59. The third kappa shape index (κ3) is 4.30. The van der Waals surface area contributed by atoms with E-state index in [2.05, 4.69) is 25.5 Å². The van der Waals surface area contributed by atoms with Crippen LogP contribution < -0.4 is 4.72 Å². The first-order valence-corrected chi connectivity index (χ1v) is 8.30. The van der Waals surface area contributed by atoms with E-state index in [4.69, 9.17) is 0 Å². The Bertz CT molecular complexity index is 527. The standard InChI is InChI=1S/C15H25NO3S/c1-11(2)14(10-17)16-20(18,19)13-8-6-12(7-9-13)15(3,4)5/h6-9,11,14,16-17H,10H2,1-5H3. The van der Waals surface area contributed by atoms with Crippen molar-refractivity contribution in [2.75, 3.05) is 6.61 Å². The maximum Gasteiger partial charge on any atom is 0.240 e. The maximum atomic E-state index is 12.2. The molecule has 2 N–H and O–H groups in total. The van der Waals surface area contributed by atoms with E-state index in [1.54, 1.807) is 12.1 Å². The molecule has 1 aromatic rings. The summed E-state index contributed by atoms with van der Waals surface area (Å²) in [5.74, 6) is 0.0311. The molecule has 1 aromatic carbocycles. The van der Waals surface area contributed by atoms with Crippen molar-refractivity contribution >= 4 is 10.0 Å². The number of aliphatic hydroxyl groups excluding tert-OH is 1. The summed E-state index contributed by atoms with van der Waals surface area (Å²) >= 11 is 0. The highest BCUT2D eigenvalue weighted by atomic mass is 32.2. The van der Waals surface area contributed by atoms with Gasteiger partial charge in [0.1, 0.15) is 0 Å². The SMILES string of the molecule is CC(C)C(CO)NS(=O)(=O)c1ccc(C(C)(C)C)cc1. The van der Waals surface area contributed by atoms with Crippen molar-refractivity contribution in [1.82, 2.24) is 4.72 Å². The van der Waals surface area contributed by atoms with Crippen molar-refractivity contribution in [3.8, 4) is 0 Å². The van der Waals surface area contributed by atoms with Crippen LogP contribution in [0.1, 0.15) is 40.2 Å². The second-order valence-corrected chi connectivity index (χ2v) is 8.14. The minimum atomic E-state index is -3.59. The van der Waals surface area contributed by atoms with Crippen molar-refractivity contribution in [2.45, 2.75) is 51.0 Å². The fraction of sp³-hybridized carbons (Fsp3) is 0.600. The van der Waals surface area contributed by atoms with Crippen molar-refractivity contribution in [3.05, 3.63) is 29.8 Å². The Morgan fingerprint density at radius 1 is 1.15 bits per heavy atom. The van der Waals surface area contributed by atoms with E-state index >= 15 is 0 Å². The molecule has 0 aromatic heterocycles. The molecule has 1 unspecified atom stereocenters. The molecule has 0 amide bonds. The minimum Gasteiger partial charge on any atom is -0.395 e. The second-order valence-electron chi connectivity index (χ2n) is 6.43. The van der Waals surface area contributed by atoms with E-state index in [0.717, 1.165) is 5.56 Å². The molecule has 0 aliphatic heterocycles. The van der Waals surface area contributed by atoms with Crippen LogP contribution in [0.15, 0.2) is 29.2 Å². The minimum absolute atomic E-state index is 0.0126. The normalized spacial score (nSPS) is 14.6. The molecule has 0 saturated heterocycles. The Balaban J connectivity index is 2.99. The zero-order valence-electron chi connectivity index (χ0n) is 12.8. The quantitative estimate of drug-likeness (QED) is 0.876. The molecular formula is C15H25NO3S. The number of hydrogen-bond donors (Lipinski definition) is 2. The zero-order valence-corrected chi connectivity index (χ0v) is 13.7. The predicted octanol–water partition coefficient (Wildman–Crippen LogP) is 2.28. The zero-order chi connectivity index (χ0) is 15.6. The molecule has 0 saturated carbocycles. The lowest BCUT2D eigenvalue weighted by atomic mass is 9.87. The van der Waals surface area contributed by atoms with E-state index in [1.165, 1.54) is 0 Å². The van der Waals surface area contributed by atoms with Crippen LogP contribution in [-0.4, -0.2) is 26.2 Å². The maximum absolute atomic E-state index is 12.2. The van der Waals surface area contributed by atoms with Gasteiger partial charge >= 0.3 is 0 Å². The molecule has 0 aliphatic carbocycles. The van der Waals surface area contributed by atoms with Crippen LogP contribution >= 0.6 is 0 Å². The number of nitrogens with one attached hydrogen (secondary N) is 1. The largest absolute Gasteiger partial charge is 0.395 e. The smallest absolute Gasteiger partial charge is 0.240 e. The average Bonchev–Trinajstić information content (AvgIpc) is 2.35. The van der Waals surface area contributed by atoms with Crippen LogP contribution in [0.2, 0.25) is 0 Å². The number of benzene rings is 1. The lowest BCUT2D eigenvalue weighted by molar-refractivity contribution is 0.227. The third-order valence-corrected chi connectivity index (χ3v) is 4.84. The van der Waals surface area contributed by atoms with Gasteiger partial charge in [0.15, 0.2) is 0 Å². The third-order valence-electron chi connectivity index (χ3n) is 3.34. The van der Waals surface area contributed by atoms with Crippen molar-refractivity contribution in [3.63, 3.8) is 0 Å². The Hall–Kier alpha value is -0.910. The van der Waals surface area contributed by atoms with Gasteiger partial charge in [-0.2, -0.15) is 0 Å². The summed E-state index contributed by atoms with van der Waals surface area (Å²) in [5.41, 5.74) is 1.07. The van der Waals surface area contributed by atoms with Gasteiger partial charge in [-0.25, -0.2) is 13.1 Å². The molecule has 0 aliphatic rings. The summed E-state index contributed by atoms with van der Waals surface area (Å²) in [4.78, 5) is 0.226. The van der Waals surface area contributed by atoms with E-state index in [-0.39, 0.29) is 22.8 Å². The van der Waals surface area contributed by atoms with Gasteiger partial charge in [-0.15, -0.1) is 0 Å². The first kappa shape index (κ1) is 17.1. The summed E-state index contributed by atoms with van der Waals surface area (Å²) < 4.78 is 27.0. The van der Waals surface area contributed by atoms with Crippen molar-refractivity contribution < 1.29 is 13.5 Å². The highest BCUT2D eigenvalue weighted by molar-refractivity contribution is 7.89. The highest BCUT2D eigenvalue weighted by Gasteiger charge is 2.22. The molecule has 0 spiro atoms. The van der Waals surface area contributed by atoms with Gasteiger partial charge in [-0.1, -0.05) is 46.8 Å². The van der Waals surface area contributed by atoms with Gasteiger partial charge in [-0.05, 0) is 29.0 Å². The van der Waals surface area contributed by atoms with E-state index < -0.39 is 16.1 Å². The molecule has 0 bridgehead atoms. The fourth-order valence-electron chi connectivity index (χ4n) is 1.79. The Morgan fingerprint density at radius 3 is 2.00 bits per heavy atom. The van der Waals surface area contributed by atoms with Gasteiger partial charge < -0.3 is 5.11 Å². The molecule has 0 heterocycles. The molecule has 1 rings (SSSR count). The molecular weight excluding hydrogens is 274 g/mol. The Kier molecular flexibility index (Phi) is 5.35. The van der Waals surface area contributed by atoms with Crippen molar-refractivity contribution in [1.29, 1.82) is 0 Å². The van der Waals surface area contributed by atoms with Crippen LogP contribution in [-0.2, 0) is 15.4 Å². The van der Waals surface area contributed by atoms with Crippen LogP contribution in [0.3, 0.4) is 0 Å².